The number of hydroxylamine groups is 1. The third kappa shape index (κ3) is 3.72. The van der Waals surface area contributed by atoms with E-state index < -0.39 is 0 Å². The van der Waals surface area contributed by atoms with E-state index in [1.807, 2.05) is 30.3 Å². The fourth-order valence-corrected chi connectivity index (χ4v) is 1.21. The van der Waals surface area contributed by atoms with E-state index in [0.717, 1.165) is 19.1 Å². The van der Waals surface area contributed by atoms with Gasteiger partial charge in [0.25, 0.3) is 6.21 Å². The molecule has 0 aliphatic heterocycles. The van der Waals surface area contributed by atoms with Gasteiger partial charge in [0.05, 0.1) is 0 Å². The minimum Gasteiger partial charge on any atom is -0.623 e. The van der Waals surface area contributed by atoms with Crippen molar-refractivity contribution in [2.45, 2.75) is 12.8 Å². The van der Waals surface area contributed by atoms with Gasteiger partial charge in [-0.15, -0.1) is 0 Å². The lowest BCUT2D eigenvalue weighted by Gasteiger charge is -2.02. The summed E-state index contributed by atoms with van der Waals surface area (Å²) < 4.78 is 0.670. The Kier molecular flexibility index (Phi) is 4.22. The number of aryl methyl sites for hydroxylation is 1. The van der Waals surface area contributed by atoms with Gasteiger partial charge in [-0.2, -0.15) is 5.26 Å². The van der Waals surface area contributed by atoms with Crippen LogP contribution in [0.4, 0.5) is 0 Å². The van der Waals surface area contributed by atoms with Crippen molar-refractivity contribution in [3.8, 4) is 6.07 Å². The van der Waals surface area contributed by atoms with Gasteiger partial charge in [0.15, 0.2) is 12.6 Å². The molecule has 0 N–H and O–H groups in total. The van der Waals surface area contributed by atoms with Crippen LogP contribution in [0.5, 0.6) is 0 Å². The van der Waals surface area contributed by atoms with Crippen LogP contribution in [0.15, 0.2) is 30.3 Å². The second-order valence-electron chi connectivity index (χ2n) is 2.99. The average Bonchev–Trinajstić information content (AvgIpc) is 2.20. The van der Waals surface area contributed by atoms with Crippen molar-refractivity contribution in [3.63, 3.8) is 0 Å². The summed E-state index contributed by atoms with van der Waals surface area (Å²) in [7, 11) is 0. The first kappa shape index (κ1) is 10.3. The summed E-state index contributed by atoms with van der Waals surface area (Å²) in [5, 5.41) is 19.1. The minimum absolute atomic E-state index is 0.377. The summed E-state index contributed by atoms with van der Waals surface area (Å²) in [6.07, 6.45) is 2.63. The predicted octanol–water partition coefficient (Wildman–Crippen LogP) is 1.72. The molecule has 0 aliphatic rings. The van der Waals surface area contributed by atoms with Gasteiger partial charge >= 0.3 is 0 Å². The molecule has 0 aliphatic carbocycles. The fourth-order valence-electron chi connectivity index (χ4n) is 1.21. The summed E-state index contributed by atoms with van der Waals surface area (Å²) in [5.41, 5.74) is 1.22. The number of hydrogen-bond acceptors (Lipinski definition) is 2. The van der Waals surface area contributed by atoms with E-state index in [0.29, 0.717) is 11.3 Å². The minimum atomic E-state index is 0.377. The highest BCUT2D eigenvalue weighted by Crippen LogP contribution is 2.01. The van der Waals surface area contributed by atoms with Crippen molar-refractivity contribution in [3.05, 3.63) is 41.1 Å². The monoisotopic (exact) mass is 188 g/mol. The van der Waals surface area contributed by atoms with Crippen molar-refractivity contribution in [1.82, 2.24) is 0 Å². The molecule has 1 aromatic carbocycles. The lowest BCUT2D eigenvalue weighted by atomic mass is 10.1. The molecule has 1 aromatic rings. The number of rotatable bonds is 4. The SMILES string of the molecule is N#C/C=[N+](\[O-])CCCc1ccccc1. The van der Waals surface area contributed by atoms with Crippen LogP contribution < -0.4 is 0 Å². The maximum absolute atomic E-state index is 10.9. The van der Waals surface area contributed by atoms with Crippen LogP contribution in [-0.2, 0) is 6.42 Å². The second-order valence-corrected chi connectivity index (χ2v) is 2.99. The van der Waals surface area contributed by atoms with E-state index in [4.69, 9.17) is 5.26 Å². The van der Waals surface area contributed by atoms with Crippen LogP contribution in [0.3, 0.4) is 0 Å². The van der Waals surface area contributed by atoms with E-state index in [2.05, 4.69) is 0 Å². The summed E-state index contributed by atoms with van der Waals surface area (Å²) in [4.78, 5) is 0. The van der Waals surface area contributed by atoms with Gasteiger partial charge in [-0.05, 0) is 12.0 Å². The zero-order valence-electron chi connectivity index (χ0n) is 7.89. The van der Waals surface area contributed by atoms with Crippen LogP contribution >= 0.6 is 0 Å². The first-order chi connectivity index (χ1) is 6.83. The van der Waals surface area contributed by atoms with Gasteiger partial charge in [-0.3, -0.25) is 0 Å². The van der Waals surface area contributed by atoms with Gasteiger partial charge < -0.3 is 5.21 Å². The Labute approximate surface area is 83.5 Å². The quantitative estimate of drug-likeness (QED) is 0.312. The predicted molar refractivity (Wildman–Crippen MR) is 54.9 cm³/mol. The average molecular weight is 188 g/mol. The van der Waals surface area contributed by atoms with Crippen molar-refractivity contribution in [2.24, 2.45) is 0 Å². The Morgan fingerprint density at radius 3 is 2.71 bits per heavy atom. The highest BCUT2D eigenvalue weighted by atomic mass is 16.5. The molecule has 0 fully saturated rings. The molecule has 0 atom stereocenters. The van der Waals surface area contributed by atoms with Gasteiger partial charge in [-0.1, -0.05) is 30.3 Å². The number of hydrogen-bond donors (Lipinski definition) is 0. The van der Waals surface area contributed by atoms with E-state index in [9.17, 15) is 5.21 Å². The van der Waals surface area contributed by atoms with Crippen molar-refractivity contribution in [1.29, 1.82) is 5.26 Å². The fraction of sp³-hybridized carbons (Fsp3) is 0.273. The Bertz CT molecular complexity index is 338. The molecular formula is C11H12N2O. The molecule has 0 heterocycles. The molecule has 0 unspecified atom stereocenters. The van der Waals surface area contributed by atoms with E-state index in [1.165, 1.54) is 5.56 Å². The van der Waals surface area contributed by atoms with E-state index in [1.54, 1.807) is 6.07 Å². The summed E-state index contributed by atoms with van der Waals surface area (Å²) in [6.45, 7) is 0.377. The molecule has 14 heavy (non-hydrogen) atoms. The molecule has 0 aromatic heterocycles. The molecule has 0 saturated heterocycles. The molecule has 0 radical (unpaired) electrons. The summed E-state index contributed by atoms with van der Waals surface area (Å²) in [6, 6.07) is 11.7. The van der Waals surface area contributed by atoms with Crippen LogP contribution in [0, 0.1) is 16.5 Å². The highest BCUT2D eigenvalue weighted by molar-refractivity contribution is 5.70. The van der Waals surface area contributed by atoms with Gasteiger partial charge in [-0.25, -0.2) is 4.74 Å². The molecule has 3 nitrogen and oxygen atoms in total. The third-order valence-electron chi connectivity index (χ3n) is 1.89. The van der Waals surface area contributed by atoms with Crippen molar-refractivity contribution in [2.75, 3.05) is 6.54 Å². The molecule has 1 rings (SSSR count). The van der Waals surface area contributed by atoms with Gasteiger partial charge in [0.1, 0.15) is 0 Å². The maximum Gasteiger partial charge on any atom is 0.252 e. The molecule has 0 spiro atoms. The van der Waals surface area contributed by atoms with Gasteiger partial charge in [0.2, 0.25) is 0 Å². The Balaban J connectivity index is 2.30. The summed E-state index contributed by atoms with van der Waals surface area (Å²) >= 11 is 0. The first-order valence-electron chi connectivity index (χ1n) is 4.53. The maximum atomic E-state index is 10.9. The number of nitrogens with zero attached hydrogens (tertiary/aromatic N) is 2. The zero-order valence-corrected chi connectivity index (χ0v) is 7.89. The van der Waals surface area contributed by atoms with E-state index >= 15 is 0 Å². The number of benzene rings is 1. The Morgan fingerprint density at radius 2 is 2.07 bits per heavy atom. The van der Waals surface area contributed by atoms with Crippen LogP contribution in [0.1, 0.15) is 12.0 Å². The number of nitriles is 1. The van der Waals surface area contributed by atoms with Gasteiger partial charge in [0, 0.05) is 6.42 Å². The third-order valence-corrected chi connectivity index (χ3v) is 1.89. The Hall–Kier alpha value is -1.82. The molecule has 3 heteroatoms. The lowest BCUT2D eigenvalue weighted by Crippen LogP contribution is -2.06. The smallest absolute Gasteiger partial charge is 0.252 e. The lowest BCUT2D eigenvalue weighted by molar-refractivity contribution is -0.452. The molecule has 72 valence electrons. The van der Waals surface area contributed by atoms with E-state index in [-0.39, 0.29) is 0 Å². The van der Waals surface area contributed by atoms with Crippen molar-refractivity contribution >= 4 is 6.21 Å². The topological polar surface area (TPSA) is 49.9 Å². The van der Waals surface area contributed by atoms with Crippen molar-refractivity contribution < 1.29 is 4.74 Å². The normalized spacial score (nSPS) is 10.9. The summed E-state index contributed by atoms with van der Waals surface area (Å²) in [5.74, 6) is 0. The highest BCUT2D eigenvalue weighted by Gasteiger charge is 1.95. The van der Waals surface area contributed by atoms with Crippen LogP contribution in [0.25, 0.3) is 0 Å². The Morgan fingerprint density at radius 1 is 1.36 bits per heavy atom. The molecule has 0 amide bonds. The molecular weight excluding hydrogens is 176 g/mol. The second kappa shape index (κ2) is 5.76. The molecule has 0 saturated carbocycles. The van der Waals surface area contributed by atoms with Crippen LogP contribution in [0.2, 0.25) is 0 Å². The molecule has 0 bridgehead atoms. The first-order valence-corrected chi connectivity index (χ1v) is 4.53. The zero-order chi connectivity index (χ0) is 10.2. The standard InChI is InChI=1S/C11H12N2O/c12-8-10-13(14)9-4-7-11-5-2-1-3-6-11/h1-3,5-6,10H,4,7,9H2/b13-10-. The largest absolute Gasteiger partial charge is 0.623 e. The van der Waals surface area contributed by atoms with Crippen LogP contribution in [-0.4, -0.2) is 17.5 Å².